The fourth-order valence-corrected chi connectivity index (χ4v) is 6.10. The van der Waals surface area contributed by atoms with Crippen molar-refractivity contribution >= 4 is 11.8 Å². The van der Waals surface area contributed by atoms with E-state index in [1.807, 2.05) is 46.2 Å². The lowest BCUT2D eigenvalue weighted by Crippen LogP contribution is -2.45. The summed E-state index contributed by atoms with van der Waals surface area (Å²) in [6.45, 7) is 6.11. The van der Waals surface area contributed by atoms with Crippen LogP contribution in [0, 0.1) is 5.41 Å². The van der Waals surface area contributed by atoms with Gasteiger partial charge in [-0.25, -0.2) is 0 Å². The maximum absolute atomic E-state index is 13.5. The zero-order chi connectivity index (χ0) is 26.9. The number of aromatic nitrogens is 1. The zero-order valence-electron chi connectivity index (χ0n) is 23.1. The Hall–Kier alpha value is -3.13. The monoisotopic (exact) mass is 534 g/mol. The van der Waals surface area contributed by atoms with E-state index in [0.717, 1.165) is 57.5 Å². The zero-order valence-corrected chi connectivity index (χ0v) is 23.1. The number of para-hydroxylation sites is 1. The molecule has 39 heavy (non-hydrogen) atoms. The molecule has 5 heterocycles. The highest BCUT2D eigenvalue weighted by Gasteiger charge is 2.37. The van der Waals surface area contributed by atoms with Gasteiger partial charge in [-0.15, -0.1) is 0 Å². The van der Waals surface area contributed by atoms with Gasteiger partial charge >= 0.3 is 0 Å². The van der Waals surface area contributed by atoms with Crippen LogP contribution in [0.5, 0.6) is 11.5 Å². The quantitative estimate of drug-likeness (QED) is 0.571. The summed E-state index contributed by atoms with van der Waals surface area (Å²) in [5, 5.41) is 0. The molecule has 0 saturated carbocycles. The number of ether oxygens (including phenoxy) is 2. The third-order valence-electron chi connectivity index (χ3n) is 8.57. The minimum absolute atomic E-state index is 0.00847. The summed E-state index contributed by atoms with van der Waals surface area (Å²) < 4.78 is 12.4. The van der Waals surface area contributed by atoms with Crippen LogP contribution in [0.2, 0.25) is 0 Å². The van der Waals surface area contributed by atoms with E-state index < -0.39 is 0 Å². The van der Waals surface area contributed by atoms with Gasteiger partial charge in [-0.1, -0.05) is 25.0 Å². The maximum atomic E-state index is 13.5. The fourth-order valence-electron chi connectivity index (χ4n) is 6.10. The Morgan fingerprint density at radius 2 is 1.69 bits per heavy atom. The van der Waals surface area contributed by atoms with Crippen molar-refractivity contribution in [3.63, 3.8) is 0 Å². The van der Waals surface area contributed by atoms with Gasteiger partial charge in [0.1, 0.15) is 18.1 Å². The number of fused-ring (bicyclic) bond motifs is 9. The smallest absolute Gasteiger partial charge is 0.257 e. The van der Waals surface area contributed by atoms with Crippen LogP contribution in [-0.4, -0.2) is 90.5 Å². The molecule has 0 spiro atoms. The average molecular weight is 535 g/mol. The Labute approximate surface area is 232 Å². The van der Waals surface area contributed by atoms with E-state index in [1.165, 1.54) is 19.3 Å². The maximum Gasteiger partial charge on any atom is 0.257 e. The molecule has 1 aromatic heterocycles. The summed E-state index contributed by atoms with van der Waals surface area (Å²) in [6.07, 6.45) is 11.8. The number of carbonyl (C=O) groups excluding carboxylic acids is 2. The van der Waals surface area contributed by atoms with E-state index in [2.05, 4.69) is 9.88 Å². The molecule has 0 unspecified atom stereocenters. The van der Waals surface area contributed by atoms with E-state index in [1.54, 1.807) is 12.4 Å². The van der Waals surface area contributed by atoms with Crippen LogP contribution in [0.4, 0.5) is 0 Å². The Bertz CT molecular complexity index is 1080. The van der Waals surface area contributed by atoms with Crippen LogP contribution in [0.25, 0.3) is 0 Å². The molecule has 8 heteroatoms. The summed E-state index contributed by atoms with van der Waals surface area (Å²) in [7, 11) is 0. The van der Waals surface area contributed by atoms with Gasteiger partial charge in [0.25, 0.3) is 5.91 Å². The third-order valence-corrected chi connectivity index (χ3v) is 8.57. The lowest BCUT2D eigenvalue weighted by molar-refractivity contribution is -0.133. The first-order valence-corrected chi connectivity index (χ1v) is 14.7. The average Bonchev–Trinajstić information content (AvgIpc) is 2.99. The van der Waals surface area contributed by atoms with E-state index in [-0.39, 0.29) is 17.2 Å². The van der Waals surface area contributed by atoms with Gasteiger partial charge in [0, 0.05) is 31.2 Å². The minimum atomic E-state index is -0.00847. The second-order valence-corrected chi connectivity index (χ2v) is 11.3. The molecule has 4 aliphatic rings. The summed E-state index contributed by atoms with van der Waals surface area (Å²) >= 11 is 0. The first-order valence-electron chi connectivity index (χ1n) is 14.7. The van der Waals surface area contributed by atoms with Crippen molar-refractivity contribution in [2.75, 3.05) is 59.0 Å². The third kappa shape index (κ3) is 7.29. The summed E-state index contributed by atoms with van der Waals surface area (Å²) in [5.74, 6) is 1.57. The van der Waals surface area contributed by atoms with Crippen molar-refractivity contribution in [1.29, 1.82) is 0 Å². The van der Waals surface area contributed by atoms with Crippen LogP contribution >= 0.6 is 0 Å². The standard InChI is InChI=1S/C31H42N4O4/c36-29(24-33-16-5-1-6-17-33)34-18-7-4-12-31(25-39-26-9-8-15-32-23-26)13-19-35(20-14-31)30(37)27-10-2-3-11-28(27)38-22-21-34/h2-3,8-11,15,23H,1,4-7,12-14,16-22,24-25H2. The molecule has 0 aliphatic carbocycles. The number of rotatable bonds is 5. The molecule has 0 radical (unpaired) electrons. The van der Waals surface area contributed by atoms with Gasteiger partial charge in [0.05, 0.1) is 31.5 Å². The molecule has 0 atom stereocenters. The number of hydrogen-bond donors (Lipinski definition) is 0. The number of hydrogen-bond acceptors (Lipinski definition) is 6. The number of carbonyl (C=O) groups is 2. The van der Waals surface area contributed by atoms with Crippen molar-refractivity contribution in [2.45, 2.75) is 51.4 Å². The van der Waals surface area contributed by atoms with Crippen LogP contribution in [0.1, 0.15) is 61.7 Å². The Kier molecular flexibility index (Phi) is 9.35. The van der Waals surface area contributed by atoms with Gasteiger partial charge in [-0.05, 0) is 75.9 Å². The van der Waals surface area contributed by atoms with Crippen molar-refractivity contribution in [3.05, 3.63) is 54.4 Å². The molecule has 8 nitrogen and oxygen atoms in total. The first kappa shape index (κ1) is 27.4. The molecule has 6 rings (SSSR count). The highest BCUT2D eigenvalue weighted by molar-refractivity contribution is 5.97. The van der Waals surface area contributed by atoms with Crippen molar-refractivity contribution in [2.24, 2.45) is 5.41 Å². The van der Waals surface area contributed by atoms with E-state index in [0.29, 0.717) is 50.7 Å². The van der Waals surface area contributed by atoms with Crippen LogP contribution in [0.3, 0.4) is 0 Å². The minimum Gasteiger partial charge on any atom is -0.491 e. The number of nitrogens with zero attached hydrogens (tertiary/aromatic N) is 4. The second kappa shape index (κ2) is 13.3. The largest absolute Gasteiger partial charge is 0.491 e. The molecule has 2 fully saturated rings. The van der Waals surface area contributed by atoms with Gasteiger partial charge in [0.15, 0.2) is 0 Å². The molecule has 2 aromatic rings. The Morgan fingerprint density at radius 1 is 0.897 bits per heavy atom. The van der Waals surface area contributed by atoms with Crippen LogP contribution in [-0.2, 0) is 4.79 Å². The molecular weight excluding hydrogens is 492 g/mol. The number of pyridine rings is 1. The van der Waals surface area contributed by atoms with Gasteiger partial charge < -0.3 is 19.3 Å². The lowest BCUT2D eigenvalue weighted by Gasteiger charge is -2.42. The number of piperidine rings is 2. The molecule has 210 valence electrons. The molecule has 4 aliphatic heterocycles. The predicted molar refractivity (Wildman–Crippen MR) is 150 cm³/mol. The summed E-state index contributed by atoms with van der Waals surface area (Å²) in [6, 6.07) is 11.3. The van der Waals surface area contributed by atoms with Crippen molar-refractivity contribution < 1.29 is 19.1 Å². The molecule has 2 saturated heterocycles. The highest BCUT2D eigenvalue weighted by atomic mass is 16.5. The lowest BCUT2D eigenvalue weighted by atomic mass is 9.75. The summed E-state index contributed by atoms with van der Waals surface area (Å²) in [4.78, 5) is 37.3. The predicted octanol–water partition coefficient (Wildman–Crippen LogP) is 4.26. The highest BCUT2D eigenvalue weighted by Crippen LogP contribution is 2.38. The normalized spacial score (nSPS) is 20.9. The van der Waals surface area contributed by atoms with E-state index in [4.69, 9.17) is 9.47 Å². The Balaban J connectivity index is 1.31. The molecule has 2 bridgehead atoms. The second-order valence-electron chi connectivity index (χ2n) is 11.3. The van der Waals surface area contributed by atoms with E-state index in [9.17, 15) is 9.59 Å². The van der Waals surface area contributed by atoms with Crippen molar-refractivity contribution in [3.8, 4) is 11.5 Å². The fraction of sp³-hybridized carbons (Fsp3) is 0.581. The first-order chi connectivity index (χ1) is 19.1. The van der Waals surface area contributed by atoms with Crippen molar-refractivity contribution in [1.82, 2.24) is 19.7 Å². The number of benzene rings is 1. The van der Waals surface area contributed by atoms with Crippen LogP contribution in [0.15, 0.2) is 48.8 Å². The number of likely N-dealkylation sites (tertiary alicyclic amines) is 1. The molecule has 2 amide bonds. The molecule has 0 N–H and O–H groups in total. The molecular formula is C31H42N4O4. The number of amides is 2. The van der Waals surface area contributed by atoms with Gasteiger partial charge in [0.2, 0.25) is 5.91 Å². The van der Waals surface area contributed by atoms with Gasteiger partial charge in [-0.2, -0.15) is 0 Å². The van der Waals surface area contributed by atoms with Gasteiger partial charge in [-0.3, -0.25) is 19.5 Å². The molecule has 1 aromatic carbocycles. The summed E-state index contributed by atoms with van der Waals surface area (Å²) in [5.41, 5.74) is 0.587. The SMILES string of the molecule is O=C(CN1CCCCC1)N1CCCCC2(COc3cccnc3)CCN(CC2)C(=O)c2ccccc2OCC1. The van der Waals surface area contributed by atoms with E-state index >= 15 is 0 Å². The topological polar surface area (TPSA) is 75.2 Å². The Morgan fingerprint density at radius 3 is 2.49 bits per heavy atom. The van der Waals surface area contributed by atoms with Crippen LogP contribution < -0.4 is 9.47 Å².